The minimum absolute atomic E-state index is 0.143. The van der Waals surface area contributed by atoms with E-state index in [9.17, 15) is 19.1 Å². The van der Waals surface area contributed by atoms with Gasteiger partial charge in [-0.2, -0.15) is 0 Å². The first-order valence-corrected chi connectivity index (χ1v) is 9.16. The number of phenolic OH excluding ortho intramolecular Hbond substituents is 1. The molecule has 2 aromatic carbocycles. The quantitative estimate of drug-likeness (QED) is 0.743. The predicted octanol–water partition coefficient (Wildman–Crippen LogP) is 2.96. The number of amides is 2. The molecule has 0 bridgehead atoms. The molecule has 2 heterocycles. The molecule has 29 heavy (non-hydrogen) atoms. The average molecular weight is 393 g/mol. The molecule has 1 aliphatic heterocycles. The van der Waals surface area contributed by atoms with E-state index in [2.05, 4.69) is 4.98 Å². The number of aromatic nitrogens is 1. The van der Waals surface area contributed by atoms with Crippen molar-refractivity contribution in [3.8, 4) is 5.75 Å². The molecule has 1 N–H and O–H groups in total. The maximum Gasteiger partial charge on any atom is 0.258 e. The molecule has 4 rings (SSSR count). The van der Waals surface area contributed by atoms with Crippen LogP contribution in [0.25, 0.3) is 10.9 Å². The lowest BCUT2D eigenvalue weighted by atomic mass is 9.94. The number of hydrogen-bond donors (Lipinski definition) is 1. The van der Waals surface area contributed by atoms with E-state index in [0.717, 1.165) is 11.1 Å². The highest BCUT2D eigenvalue weighted by atomic mass is 19.1. The van der Waals surface area contributed by atoms with Crippen molar-refractivity contribution < 1.29 is 19.1 Å². The third-order valence-corrected chi connectivity index (χ3v) is 5.18. The molecule has 1 aromatic heterocycles. The summed E-state index contributed by atoms with van der Waals surface area (Å²) in [6.07, 6.45) is 2.10. The van der Waals surface area contributed by atoms with Crippen LogP contribution in [0.15, 0.2) is 36.5 Å². The lowest BCUT2D eigenvalue weighted by Crippen LogP contribution is -2.24. The van der Waals surface area contributed by atoms with Crippen LogP contribution in [0.5, 0.6) is 5.75 Å². The van der Waals surface area contributed by atoms with Gasteiger partial charge in [0, 0.05) is 44.8 Å². The highest BCUT2D eigenvalue weighted by Crippen LogP contribution is 2.39. The second-order valence-electron chi connectivity index (χ2n) is 7.48. The molecule has 3 aromatic rings. The molecule has 0 aliphatic carbocycles. The monoisotopic (exact) mass is 393 g/mol. The number of halogens is 1. The Morgan fingerprint density at radius 3 is 2.59 bits per heavy atom. The van der Waals surface area contributed by atoms with E-state index in [1.807, 2.05) is 6.07 Å². The van der Waals surface area contributed by atoms with Gasteiger partial charge < -0.3 is 14.9 Å². The van der Waals surface area contributed by atoms with Gasteiger partial charge in [-0.05, 0) is 35.7 Å². The number of rotatable bonds is 3. The van der Waals surface area contributed by atoms with Gasteiger partial charge in [0.15, 0.2) is 5.75 Å². The van der Waals surface area contributed by atoms with Gasteiger partial charge in [0.25, 0.3) is 11.8 Å². The van der Waals surface area contributed by atoms with E-state index in [-0.39, 0.29) is 41.0 Å². The smallest absolute Gasteiger partial charge is 0.258 e. The summed E-state index contributed by atoms with van der Waals surface area (Å²) in [6.45, 7) is 0.245. The molecular formula is C22H20FN3O3. The lowest BCUT2D eigenvalue weighted by Gasteiger charge is -2.17. The highest BCUT2D eigenvalue weighted by molar-refractivity contribution is 6.15. The number of aromatic hydroxyl groups is 1. The van der Waals surface area contributed by atoms with Crippen molar-refractivity contribution in [2.75, 3.05) is 21.1 Å². The fourth-order valence-electron chi connectivity index (χ4n) is 3.73. The Bertz CT molecular complexity index is 1160. The van der Waals surface area contributed by atoms with Crippen LogP contribution in [0.4, 0.5) is 4.39 Å². The fraction of sp³-hybridized carbons (Fsp3) is 0.227. The van der Waals surface area contributed by atoms with Gasteiger partial charge in [-0.3, -0.25) is 14.6 Å². The fourth-order valence-corrected chi connectivity index (χ4v) is 3.73. The molecule has 0 radical (unpaired) electrons. The van der Waals surface area contributed by atoms with Gasteiger partial charge in [0.2, 0.25) is 0 Å². The molecule has 1 aliphatic rings. The van der Waals surface area contributed by atoms with Crippen LogP contribution in [0.3, 0.4) is 0 Å². The standard InChI is InChI=1S/C22H20FN3O3/c1-25(2)21(28)17-15-9-13(8-12-4-6-14(23)7-5-12)10-24-19(15)20(27)18-16(17)11-26(3)22(18)29/h4-7,9-10,27H,8,11H2,1-3H3. The third-order valence-electron chi connectivity index (χ3n) is 5.18. The third kappa shape index (κ3) is 3.08. The normalized spacial score (nSPS) is 13.1. The van der Waals surface area contributed by atoms with Crippen molar-refractivity contribution in [2.24, 2.45) is 0 Å². The topological polar surface area (TPSA) is 73.7 Å². The minimum atomic E-state index is -0.329. The summed E-state index contributed by atoms with van der Waals surface area (Å²) in [7, 11) is 4.91. The first-order chi connectivity index (χ1) is 13.8. The average Bonchev–Trinajstić information content (AvgIpc) is 2.98. The number of hydrogen-bond acceptors (Lipinski definition) is 4. The van der Waals surface area contributed by atoms with Crippen LogP contribution in [0.1, 0.15) is 37.4 Å². The first kappa shape index (κ1) is 18.9. The highest BCUT2D eigenvalue weighted by Gasteiger charge is 2.35. The lowest BCUT2D eigenvalue weighted by molar-refractivity contribution is 0.0806. The predicted molar refractivity (Wildman–Crippen MR) is 106 cm³/mol. The number of carbonyl (C=O) groups is 2. The molecule has 148 valence electrons. The van der Waals surface area contributed by atoms with E-state index < -0.39 is 0 Å². The zero-order chi connectivity index (χ0) is 20.9. The van der Waals surface area contributed by atoms with E-state index in [4.69, 9.17) is 0 Å². The van der Waals surface area contributed by atoms with Crippen molar-refractivity contribution in [1.82, 2.24) is 14.8 Å². The molecule has 0 spiro atoms. The van der Waals surface area contributed by atoms with Crippen LogP contribution < -0.4 is 0 Å². The SMILES string of the molecule is CN(C)C(=O)c1c2c(c(O)c3ncc(Cc4ccc(F)cc4)cc13)C(=O)N(C)C2. The van der Waals surface area contributed by atoms with E-state index in [1.165, 1.54) is 21.9 Å². The number of phenols is 1. The largest absolute Gasteiger partial charge is 0.505 e. The molecule has 6 nitrogen and oxygen atoms in total. The van der Waals surface area contributed by atoms with Gasteiger partial charge in [0.1, 0.15) is 11.3 Å². The Morgan fingerprint density at radius 1 is 1.24 bits per heavy atom. The second kappa shape index (κ2) is 6.84. The summed E-state index contributed by atoms with van der Waals surface area (Å²) in [5.74, 6) is -1.09. The Kier molecular flexibility index (Phi) is 4.45. The molecule has 0 fully saturated rings. The Hall–Kier alpha value is -3.48. The second-order valence-corrected chi connectivity index (χ2v) is 7.48. The number of fused-ring (bicyclic) bond motifs is 2. The van der Waals surface area contributed by atoms with E-state index >= 15 is 0 Å². The maximum absolute atomic E-state index is 13.2. The molecular weight excluding hydrogens is 373 g/mol. The number of pyridine rings is 1. The van der Waals surface area contributed by atoms with Gasteiger partial charge >= 0.3 is 0 Å². The van der Waals surface area contributed by atoms with Crippen LogP contribution in [0, 0.1) is 5.82 Å². The van der Waals surface area contributed by atoms with Crippen LogP contribution in [0.2, 0.25) is 0 Å². The summed E-state index contributed by atoms with van der Waals surface area (Å²) >= 11 is 0. The summed E-state index contributed by atoms with van der Waals surface area (Å²) in [5.41, 5.74) is 2.97. The number of benzene rings is 2. The zero-order valence-electron chi connectivity index (χ0n) is 16.4. The van der Waals surface area contributed by atoms with Crippen molar-refractivity contribution in [3.05, 3.63) is 70.2 Å². The Morgan fingerprint density at radius 2 is 1.93 bits per heavy atom. The molecule has 0 unspecified atom stereocenters. The van der Waals surface area contributed by atoms with E-state index in [0.29, 0.717) is 22.9 Å². The first-order valence-electron chi connectivity index (χ1n) is 9.16. The maximum atomic E-state index is 13.2. The minimum Gasteiger partial charge on any atom is -0.505 e. The van der Waals surface area contributed by atoms with Crippen molar-refractivity contribution >= 4 is 22.7 Å². The van der Waals surface area contributed by atoms with Crippen molar-refractivity contribution in [3.63, 3.8) is 0 Å². The zero-order valence-corrected chi connectivity index (χ0v) is 16.4. The van der Waals surface area contributed by atoms with Crippen LogP contribution >= 0.6 is 0 Å². The summed E-state index contributed by atoms with van der Waals surface area (Å²) in [5, 5.41) is 11.2. The molecule has 7 heteroatoms. The molecule has 0 atom stereocenters. The van der Waals surface area contributed by atoms with E-state index in [1.54, 1.807) is 39.5 Å². The van der Waals surface area contributed by atoms with Gasteiger partial charge in [-0.25, -0.2) is 4.39 Å². The van der Waals surface area contributed by atoms with Crippen LogP contribution in [-0.4, -0.2) is 52.8 Å². The molecule has 0 saturated heterocycles. The summed E-state index contributed by atoms with van der Waals surface area (Å²) < 4.78 is 13.2. The Balaban J connectivity index is 1.93. The van der Waals surface area contributed by atoms with Crippen molar-refractivity contribution in [2.45, 2.75) is 13.0 Å². The van der Waals surface area contributed by atoms with Gasteiger partial charge in [-0.15, -0.1) is 0 Å². The Labute approximate surface area is 167 Å². The summed E-state index contributed by atoms with van der Waals surface area (Å²) in [6, 6.07) is 7.99. The van der Waals surface area contributed by atoms with Crippen LogP contribution in [-0.2, 0) is 13.0 Å². The van der Waals surface area contributed by atoms with Gasteiger partial charge in [-0.1, -0.05) is 12.1 Å². The number of nitrogens with zero attached hydrogens (tertiary/aromatic N) is 3. The van der Waals surface area contributed by atoms with Crippen molar-refractivity contribution in [1.29, 1.82) is 0 Å². The molecule has 2 amide bonds. The van der Waals surface area contributed by atoms with Gasteiger partial charge in [0.05, 0.1) is 11.1 Å². The summed E-state index contributed by atoms with van der Waals surface area (Å²) in [4.78, 5) is 32.8. The molecule has 0 saturated carbocycles. The number of carbonyl (C=O) groups excluding carboxylic acids is 2.